The lowest BCUT2D eigenvalue weighted by Gasteiger charge is -2.29. The maximum absolute atomic E-state index is 14.4. The summed E-state index contributed by atoms with van der Waals surface area (Å²) in [7, 11) is 0. The number of halogens is 2. The van der Waals surface area contributed by atoms with Crippen LogP contribution in [0.15, 0.2) is 65.1 Å². The van der Waals surface area contributed by atoms with E-state index in [2.05, 4.69) is 0 Å². The lowest BCUT2D eigenvalue weighted by atomic mass is 10.1. The second-order valence-electron chi connectivity index (χ2n) is 9.10. The summed E-state index contributed by atoms with van der Waals surface area (Å²) in [5.74, 6) is 0.429. The number of carbonyl (C=O) groups excluding carboxylic acids is 1. The molecule has 0 radical (unpaired) electrons. The monoisotopic (exact) mass is 482 g/mol. The van der Waals surface area contributed by atoms with Gasteiger partial charge >= 0.3 is 0 Å². The molecule has 0 spiro atoms. The molecule has 0 N–H and O–H groups in total. The standard InChI is InChI=1S/C28H32F2N2O3/c1-21-9-11-26(35-21)19-32(14-13-22-6-3-2-4-7-22)28(33)20-31(18-25-8-5-15-34-25)17-23-16-24(29)10-12-27(23)30/h2-4,6-7,9-12,16,25H,5,8,13-15,17-20H2,1H3/t25-/m0/s1. The third kappa shape index (κ3) is 7.47. The summed E-state index contributed by atoms with van der Waals surface area (Å²) in [5.41, 5.74) is 1.37. The maximum atomic E-state index is 14.4. The van der Waals surface area contributed by atoms with Crippen molar-refractivity contribution < 1.29 is 22.7 Å². The van der Waals surface area contributed by atoms with E-state index in [1.165, 1.54) is 6.07 Å². The summed E-state index contributed by atoms with van der Waals surface area (Å²) in [4.78, 5) is 17.2. The number of benzene rings is 2. The van der Waals surface area contributed by atoms with Gasteiger partial charge in [0.2, 0.25) is 5.91 Å². The van der Waals surface area contributed by atoms with Crippen molar-refractivity contribution in [3.63, 3.8) is 0 Å². The molecule has 4 rings (SSSR count). The van der Waals surface area contributed by atoms with E-state index >= 15 is 0 Å². The van der Waals surface area contributed by atoms with E-state index < -0.39 is 11.6 Å². The molecule has 0 saturated carbocycles. The number of rotatable bonds is 11. The van der Waals surface area contributed by atoms with Gasteiger partial charge in [-0.3, -0.25) is 9.69 Å². The molecule has 1 aliphatic heterocycles. The summed E-state index contributed by atoms with van der Waals surface area (Å²) < 4.78 is 39.7. The van der Waals surface area contributed by atoms with E-state index in [-0.39, 0.29) is 30.7 Å². The number of ether oxygens (including phenoxy) is 1. The third-order valence-corrected chi connectivity index (χ3v) is 6.26. The lowest BCUT2D eigenvalue weighted by molar-refractivity contribution is -0.133. The molecule has 5 nitrogen and oxygen atoms in total. The first-order chi connectivity index (χ1) is 17.0. The molecule has 0 unspecified atom stereocenters. The quantitative estimate of drug-likeness (QED) is 0.381. The van der Waals surface area contributed by atoms with Crippen molar-refractivity contribution in [1.29, 1.82) is 0 Å². The second kappa shape index (κ2) is 12.1. The van der Waals surface area contributed by atoms with Crippen LogP contribution in [-0.2, 0) is 29.0 Å². The van der Waals surface area contributed by atoms with Crippen LogP contribution >= 0.6 is 0 Å². The Morgan fingerprint density at radius 2 is 1.89 bits per heavy atom. The number of nitrogens with zero attached hydrogens (tertiary/aromatic N) is 2. The van der Waals surface area contributed by atoms with Crippen LogP contribution in [0.5, 0.6) is 0 Å². The van der Waals surface area contributed by atoms with Crippen molar-refractivity contribution in [2.75, 3.05) is 26.2 Å². The van der Waals surface area contributed by atoms with Gasteiger partial charge in [-0.15, -0.1) is 0 Å². The fraction of sp³-hybridized carbons (Fsp3) is 0.393. The van der Waals surface area contributed by atoms with Gasteiger partial charge < -0.3 is 14.1 Å². The van der Waals surface area contributed by atoms with E-state index in [9.17, 15) is 13.6 Å². The van der Waals surface area contributed by atoms with E-state index in [1.54, 1.807) is 4.90 Å². The molecule has 0 bridgehead atoms. The highest BCUT2D eigenvalue weighted by molar-refractivity contribution is 5.78. The average molecular weight is 483 g/mol. The molecule has 1 saturated heterocycles. The lowest BCUT2D eigenvalue weighted by Crippen LogP contribution is -2.43. The van der Waals surface area contributed by atoms with Crippen LogP contribution in [0.3, 0.4) is 0 Å². The van der Waals surface area contributed by atoms with Gasteiger partial charge in [-0.05, 0) is 62.1 Å². The predicted octanol–water partition coefficient (Wildman–Crippen LogP) is 5.12. The molecule has 35 heavy (non-hydrogen) atoms. The summed E-state index contributed by atoms with van der Waals surface area (Å²) in [6.45, 7) is 4.10. The molecule has 1 amide bonds. The first-order valence-electron chi connectivity index (χ1n) is 12.1. The average Bonchev–Trinajstić information content (AvgIpc) is 3.51. The number of aryl methyl sites for hydroxylation is 1. The number of carbonyl (C=O) groups is 1. The Hall–Kier alpha value is -3.03. The molecule has 186 valence electrons. The molecule has 1 fully saturated rings. The van der Waals surface area contributed by atoms with Crippen LogP contribution in [0.2, 0.25) is 0 Å². The molecule has 7 heteroatoms. The first kappa shape index (κ1) is 25.1. The van der Waals surface area contributed by atoms with Gasteiger partial charge in [0.05, 0.1) is 19.2 Å². The zero-order valence-electron chi connectivity index (χ0n) is 20.1. The summed E-state index contributed by atoms with van der Waals surface area (Å²) in [6, 6.07) is 17.2. The first-order valence-corrected chi connectivity index (χ1v) is 12.1. The van der Waals surface area contributed by atoms with E-state index in [0.29, 0.717) is 38.4 Å². The van der Waals surface area contributed by atoms with Crippen molar-refractivity contribution >= 4 is 5.91 Å². The Labute approximate surface area is 205 Å². The van der Waals surface area contributed by atoms with Crippen LogP contribution < -0.4 is 0 Å². The number of hydrogen-bond acceptors (Lipinski definition) is 4. The Balaban J connectivity index is 1.49. The molecule has 1 aliphatic rings. The number of amides is 1. The van der Waals surface area contributed by atoms with Gasteiger partial charge in [-0.1, -0.05) is 30.3 Å². The molecule has 1 aromatic heterocycles. The summed E-state index contributed by atoms with van der Waals surface area (Å²) >= 11 is 0. The van der Waals surface area contributed by atoms with Gasteiger partial charge in [0.1, 0.15) is 23.2 Å². The minimum absolute atomic E-state index is 0.0232. The van der Waals surface area contributed by atoms with Gasteiger partial charge in [0, 0.05) is 31.8 Å². The Morgan fingerprint density at radius 3 is 2.60 bits per heavy atom. The van der Waals surface area contributed by atoms with Gasteiger partial charge in [0.25, 0.3) is 0 Å². The van der Waals surface area contributed by atoms with E-state index in [1.807, 2.05) is 54.3 Å². The van der Waals surface area contributed by atoms with Gasteiger partial charge in [-0.25, -0.2) is 8.78 Å². The van der Waals surface area contributed by atoms with Gasteiger partial charge in [0.15, 0.2) is 0 Å². The SMILES string of the molecule is Cc1ccc(CN(CCc2ccccc2)C(=O)CN(Cc2cc(F)ccc2F)C[C@@H]2CCCO2)o1. The Kier molecular flexibility index (Phi) is 8.66. The second-order valence-corrected chi connectivity index (χ2v) is 9.10. The van der Waals surface area contributed by atoms with Crippen molar-refractivity contribution in [3.05, 3.63) is 94.9 Å². The molecular formula is C28H32F2N2O3. The van der Waals surface area contributed by atoms with Crippen LogP contribution in [0.1, 0.15) is 35.5 Å². The van der Waals surface area contributed by atoms with Crippen LogP contribution in [0.4, 0.5) is 8.78 Å². The fourth-order valence-electron chi connectivity index (χ4n) is 4.42. The minimum atomic E-state index is -0.498. The Bertz CT molecular complexity index is 1100. The molecule has 1 atom stereocenters. The zero-order valence-corrected chi connectivity index (χ0v) is 20.1. The highest BCUT2D eigenvalue weighted by Crippen LogP contribution is 2.18. The number of furan rings is 1. The van der Waals surface area contributed by atoms with Crippen molar-refractivity contribution in [2.24, 2.45) is 0 Å². The highest BCUT2D eigenvalue weighted by Gasteiger charge is 2.24. The summed E-state index contributed by atoms with van der Waals surface area (Å²) in [5, 5.41) is 0. The van der Waals surface area contributed by atoms with Crippen LogP contribution in [-0.4, -0.2) is 48.1 Å². The van der Waals surface area contributed by atoms with Crippen molar-refractivity contribution in [3.8, 4) is 0 Å². The smallest absolute Gasteiger partial charge is 0.237 e. The van der Waals surface area contributed by atoms with E-state index in [4.69, 9.17) is 9.15 Å². The molecule has 0 aliphatic carbocycles. The maximum Gasteiger partial charge on any atom is 0.237 e. The van der Waals surface area contributed by atoms with Crippen LogP contribution in [0, 0.1) is 18.6 Å². The Morgan fingerprint density at radius 1 is 1.06 bits per heavy atom. The third-order valence-electron chi connectivity index (χ3n) is 6.26. The fourth-order valence-corrected chi connectivity index (χ4v) is 4.42. The van der Waals surface area contributed by atoms with Crippen molar-refractivity contribution in [2.45, 2.75) is 45.4 Å². The number of hydrogen-bond donors (Lipinski definition) is 0. The van der Waals surface area contributed by atoms with E-state index in [0.717, 1.165) is 36.3 Å². The largest absolute Gasteiger partial charge is 0.464 e. The highest BCUT2D eigenvalue weighted by atomic mass is 19.1. The van der Waals surface area contributed by atoms with Crippen LogP contribution in [0.25, 0.3) is 0 Å². The topological polar surface area (TPSA) is 45.9 Å². The van der Waals surface area contributed by atoms with Gasteiger partial charge in [-0.2, -0.15) is 0 Å². The molecular weight excluding hydrogens is 450 g/mol. The minimum Gasteiger partial charge on any atom is -0.464 e. The molecule has 2 heterocycles. The predicted molar refractivity (Wildman–Crippen MR) is 130 cm³/mol. The molecule has 2 aromatic carbocycles. The summed E-state index contributed by atoms with van der Waals surface area (Å²) in [6.07, 6.45) is 2.53. The van der Waals surface area contributed by atoms with Crippen molar-refractivity contribution in [1.82, 2.24) is 9.80 Å². The molecule has 3 aromatic rings. The zero-order chi connectivity index (χ0) is 24.6. The normalized spacial score (nSPS) is 15.6.